The molecule has 3 aliphatic rings. The molecule has 2 atom stereocenters. The number of aliphatic hydroxyl groups is 1. The van der Waals surface area contributed by atoms with Crippen LogP contribution in [0.5, 0.6) is 5.75 Å². The van der Waals surface area contributed by atoms with Crippen molar-refractivity contribution in [3.63, 3.8) is 0 Å². The first kappa shape index (κ1) is 22.1. The summed E-state index contributed by atoms with van der Waals surface area (Å²) in [6.45, 7) is 4.87. The smallest absolute Gasteiger partial charge is 0.125 e. The molecular weight excluding hydrogens is 418 g/mol. The third kappa shape index (κ3) is 4.95. The molecular formula is C27H35NO3S. The Morgan fingerprint density at radius 3 is 2.50 bits per heavy atom. The monoisotopic (exact) mass is 453 g/mol. The van der Waals surface area contributed by atoms with Gasteiger partial charge in [0.2, 0.25) is 0 Å². The predicted octanol–water partition coefficient (Wildman–Crippen LogP) is 6.17. The Balaban J connectivity index is 1.32. The van der Waals surface area contributed by atoms with Crippen LogP contribution in [-0.2, 0) is 11.2 Å². The molecule has 0 amide bonds. The van der Waals surface area contributed by atoms with Crippen molar-refractivity contribution in [1.82, 2.24) is 0 Å². The average Bonchev–Trinajstić information content (AvgIpc) is 2.81. The lowest BCUT2D eigenvalue weighted by Crippen LogP contribution is -2.36. The van der Waals surface area contributed by atoms with E-state index in [-0.39, 0.29) is 6.10 Å². The van der Waals surface area contributed by atoms with Gasteiger partial charge in [0.15, 0.2) is 0 Å². The van der Waals surface area contributed by atoms with Crippen molar-refractivity contribution < 1.29 is 14.6 Å². The number of aryl methyl sites for hydroxylation is 1. The Kier molecular flexibility index (Phi) is 6.96. The summed E-state index contributed by atoms with van der Waals surface area (Å²) < 4.78 is 14.3. The SMILES string of the molecule is CCc1ccc(N(CC2CCC2)Sc2ccc3c(c2)C(O)CC(C2CCOCC2)O3)cc1. The van der Waals surface area contributed by atoms with E-state index >= 15 is 0 Å². The maximum absolute atomic E-state index is 11.0. The number of aliphatic hydroxyl groups excluding tert-OH is 1. The quantitative estimate of drug-likeness (QED) is 0.508. The van der Waals surface area contributed by atoms with E-state index in [1.807, 2.05) is 0 Å². The van der Waals surface area contributed by atoms with E-state index in [1.165, 1.54) is 30.5 Å². The summed E-state index contributed by atoms with van der Waals surface area (Å²) in [5.74, 6) is 2.10. The van der Waals surface area contributed by atoms with Gasteiger partial charge < -0.3 is 18.9 Å². The highest BCUT2D eigenvalue weighted by Gasteiger charge is 2.34. The Morgan fingerprint density at radius 2 is 1.81 bits per heavy atom. The van der Waals surface area contributed by atoms with Crippen LogP contribution in [0, 0.1) is 11.8 Å². The second-order valence-electron chi connectivity index (χ2n) is 9.53. The fraction of sp³-hybridized carbons (Fsp3) is 0.556. The van der Waals surface area contributed by atoms with Gasteiger partial charge in [-0.3, -0.25) is 0 Å². The Morgan fingerprint density at radius 1 is 1.03 bits per heavy atom. The van der Waals surface area contributed by atoms with Crippen molar-refractivity contribution >= 4 is 17.6 Å². The lowest BCUT2D eigenvalue weighted by Gasteiger charge is -2.36. The van der Waals surface area contributed by atoms with Crippen molar-refractivity contribution in [2.45, 2.75) is 69.0 Å². The normalized spacial score (nSPS) is 23.8. The van der Waals surface area contributed by atoms with Gasteiger partial charge in [0, 0.05) is 48.2 Å². The number of benzene rings is 2. The number of hydrogen-bond donors (Lipinski definition) is 1. The molecule has 32 heavy (non-hydrogen) atoms. The van der Waals surface area contributed by atoms with E-state index in [0.29, 0.717) is 12.3 Å². The number of rotatable bonds is 7. The molecule has 0 aromatic heterocycles. The van der Waals surface area contributed by atoms with Gasteiger partial charge in [0.1, 0.15) is 11.9 Å². The highest BCUT2D eigenvalue weighted by atomic mass is 32.2. The van der Waals surface area contributed by atoms with Gasteiger partial charge in [0.05, 0.1) is 6.10 Å². The number of hydrogen-bond acceptors (Lipinski definition) is 5. The maximum atomic E-state index is 11.0. The van der Waals surface area contributed by atoms with Crippen LogP contribution in [0.4, 0.5) is 5.69 Å². The van der Waals surface area contributed by atoms with E-state index in [9.17, 15) is 5.11 Å². The van der Waals surface area contributed by atoms with E-state index < -0.39 is 6.10 Å². The summed E-state index contributed by atoms with van der Waals surface area (Å²) >= 11 is 1.79. The van der Waals surface area contributed by atoms with Crippen molar-refractivity contribution in [3.05, 3.63) is 53.6 Å². The summed E-state index contributed by atoms with van der Waals surface area (Å²) in [4.78, 5) is 1.16. The fourth-order valence-corrected chi connectivity index (χ4v) is 6.09. The lowest BCUT2D eigenvalue weighted by atomic mass is 9.85. The molecule has 172 valence electrons. The van der Waals surface area contributed by atoms with Crippen LogP contribution in [0.2, 0.25) is 0 Å². The lowest BCUT2D eigenvalue weighted by molar-refractivity contribution is -0.0151. The van der Waals surface area contributed by atoms with Gasteiger partial charge in [-0.05, 0) is 85.9 Å². The first-order valence-corrected chi connectivity index (χ1v) is 13.1. The molecule has 1 aliphatic carbocycles. The second kappa shape index (κ2) is 10.1. The molecule has 2 aromatic rings. The zero-order valence-corrected chi connectivity index (χ0v) is 19.9. The van der Waals surface area contributed by atoms with Gasteiger partial charge in [-0.1, -0.05) is 25.5 Å². The van der Waals surface area contributed by atoms with Gasteiger partial charge >= 0.3 is 0 Å². The third-order valence-electron chi connectivity index (χ3n) is 7.36. The highest BCUT2D eigenvalue weighted by Crippen LogP contribution is 2.42. The largest absolute Gasteiger partial charge is 0.490 e. The van der Waals surface area contributed by atoms with Crippen molar-refractivity contribution in [2.24, 2.45) is 11.8 Å². The third-order valence-corrected chi connectivity index (χ3v) is 8.41. The average molecular weight is 454 g/mol. The molecule has 1 saturated carbocycles. The molecule has 4 nitrogen and oxygen atoms in total. The van der Waals surface area contributed by atoms with Gasteiger partial charge in [0.25, 0.3) is 0 Å². The minimum absolute atomic E-state index is 0.0899. The number of nitrogens with zero attached hydrogens (tertiary/aromatic N) is 1. The van der Waals surface area contributed by atoms with Gasteiger partial charge in [-0.25, -0.2) is 0 Å². The summed E-state index contributed by atoms with van der Waals surface area (Å²) in [5.41, 5.74) is 3.56. The summed E-state index contributed by atoms with van der Waals surface area (Å²) in [6.07, 6.45) is 7.42. The van der Waals surface area contributed by atoms with Crippen LogP contribution in [0.25, 0.3) is 0 Å². The molecule has 2 unspecified atom stereocenters. The predicted molar refractivity (Wildman–Crippen MR) is 130 cm³/mol. The topological polar surface area (TPSA) is 41.9 Å². The first-order chi connectivity index (χ1) is 15.7. The first-order valence-electron chi connectivity index (χ1n) is 12.3. The maximum Gasteiger partial charge on any atom is 0.125 e. The van der Waals surface area contributed by atoms with Crippen LogP contribution in [0.1, 0.15) is 62.7 Å². The molecule has 5 rings (SSSR count). The minimum Gasteiger partial charge on any atom is -0.490 e. The van der Waals surface area contributed by atoms with Crippen molar-refractivity contribution in [3.8, 4) is 5.75 Å². The van der Waals surface area contributed by atoms with E-state index in [0.717, 1.165) is 61.1 Å². The van der Waals surface area contributed by atoms with Gasteiger partial charge in [-0.2, -0.15) is 0 Å². The molecule has 0 bridgehead atoms. The Hall–Kier alpha value is -1.69. The minimum atomic E-state index is -0.462. The highest BCUT2D eigenvalue weighted by molar-refractivity contribution is 8.00. The Labute approximate surface area is 196 Å². The van der Waals surface area contributed by atoms with Crippen molar-refractivity contribution in [2.75, 3.05) is 24.1 Å². The summed E-state index contributed by atoms with van der Waals surface area (Å²) in [6, 6.07) is 15.3. The van der Waals surface area contributed by atoms with E-state index in [1.54, 1.807) is 11.9 Å². The van der Waals surface area contributed by atoms with E-state index in [2.05, 4.69) is 53.7 Å². The fourth-order valence-electron chi connectivity index (χ4n) is 5.02. The molecule has 1 saturated heterocycles. The van der Waals surface area contributed by atoms with Crippen LogP contribution >= 0.6 is 11.9 Å². The zero-order chi connectivity index (χ0) is 21.9. The van der Waals surface area contributed by atoms with Crippen LogP contribution in [-0.4, -0.2) is 31.0 Å². The number of ether oxygens (including phenoxy) is 2. The molecule has 0 radical (unpaired) electrons. The molecule has 2 aromatic carbocycles. The van der Waals surface area contributed by atoms with Crippen molar-refractivity contribution in [1.29, 1.82) is 0 Å². The molecule has 2 heterocycles. The van der Waals surface area contributed by atoms with Crippen LogP contribution in [0.3, 0.4) is 0 Å². The summed E-state index contributed by atoms with van der Waals surface area (Å²) in [5, 5.41) is 11.0. The molecule has 2 aliphatic heterocycles. The molecule has 1 N–H and O–H groups in total. The molecule has 5 heteroatoms. The van der Waals surface area contributed by atoms with Crippen LogP contribution in [0.15, 0.2) is 47.4 Å². The number of fused-ring (bicyclic) bond motifs is 1. The molecule has 0 spiro atoms. The Bertz CT molecular complexity index is 892. The standard InChI is InChI=1S/C27H35NO3S/c1-2-19-6-8-22(9-7-19)28(18-20-4-3-5-20)32-23-10-11-26-24(16-23)25(29)17-27(31-26)21-12-14-30-15-13-21/h6-11,16,20-21,25,27,29H,2-5,12-15,17-18H2,1H3. The van der Waals surface area contributed by atoms with Crippen LogP contribution < -0.4 is 9.04 Å². The van der Waals surface area contributed by atoms with Gasteiger partial charge in [-0.15, -0.1) is 0 Å². The number of anilines is 1. The second-order valence-corrected chi connectivity index (χ2v) is 10.6. The zero-order valence-electron chi connectivity index (χ0n) is 19.0. The molecule has 2 fully saturated rings. The summed E-state index contributed by atoms with van der Waals surface area (Å²) in [7, 11) is 0. The van der Waals surface area contributed by atoms with E-state index in [4.69, 9.17) is 9.47 Å².